The third-order valence-electron chi connectivity index (χ3n) is 7.53. The van der Waals surface area contributed by atoms with E-state index < -0.39 is 58.4 Å². The van der Waals surface area contributed by atoms with Crippen LogP contribution in [0.15, 0.2) is 63.7 Å². The lowest BCUT2D eigenvalue weighted by Gasteiger charge is -2.25. The van der Waals surface area contributed by atoms with Gasteiger partial charge in [0.1, 0.15) is 11.9 Å². The van der Waals surface area contributed by atoms with Crippen LogP contribution >= 0.6 is 11.3 Å². The van der Waals surface area contributed by atoms with Gasteiger partial charge in [-0.05, 0) is 31.2 Å². The number of nitrogen functional groups attached to an aromatic ring is 1. The lowest BCUT2D eigenvalue weighted by Crippen LogP contribution is -2.49. The molecule has 3 atom stereocenters. The molecule has 3 amide bonds. The number of nitrogens with two attached hydrogens (primary N) is 1. The first kappa shape index (κ1) is 30.3. The number of hydrogen-bond donors (Lipinski definition) is 4. The smallest absolute Gasteiger partial charge is 0.251 e. The number of carbonyl (C=O) groups excluding carboxylic acids is 3. The summed E-state index contributed by atoms with van der Waals surface area (Å²) in [6.45, 7) is 0.437. The van der Waals surface area contributed by atoms with Crippen LogP contribution in [-0.2, 0) is 24.2 Å². The molecule has 0 aliphatic carbocycles. The zero-order chi connectivity index (χ0) is 31.1. The second kappa shape index (κ2) is 11.5. The van der Waals surface area contributed by atoms with E-state index >= 15 is 4.39 Å². The maximum Gasteiger partial charge on any atom is 0.251 e. The van der Waals surface area contributed by atoms with Crippen molar-refractivity contribution in [2.45, 2.75) is 40.9 Å². The Hall–Kier alpha value is -4.14. The Bertz CT molecular complexity index is 1740. The van der Waals surface area contributed by atoms with Crippen molar-refractivity contribution in [1.29, 1.82) is 5.41 Å². The van der Waals surface area contributed by atoms with Crippen molar-refractivity contribution in [2.24, 2.45) is 5.73 Å². The Morgan fingerprint density at radius 3 is 2.58 bits per heavy atom. The van der Waals surface area contributed by atoms with E-state index in [4.69, 9.17) is 15.9 Å². The molecule has 0 bridgehead atoms. The molecule has 0 spiro atoms. The minimum atomic E-state index is -3.80. The van der Waals surface area contributed by atoms with Crippen molar-refractivity contribution < 1.29 is 31.9 Å². The molecule has 3 aromatic rings. The number of likely N-dealkylation sites (tertiary alicyclic amines) is 1. The molecule has 226 valence electrons. The first-order chi connectivity index (χ1) is 20.3. The molecule has 0 saturated carbocycles. The van der Waals surface area contributed by atoms with Gasteiger partial charge in [-0.3, -0.25) is 19.8 Å². The summed E-state index contributed by atoms with van der Waals surface area (Å²) < 4.78 is 46.6. The fraction of sp³-hybridized carbons (Fsp3) is 0.310. The van der Waals surface area contributed by atoms with Gasteiger partial charge in [0.25, 0.3) is 5.91 Å². The molecule has 14 heteroatoms. The zero-order valence-electron chi connectivity index (χ0n) is 23.3. The lowest BCUT2D eigenvalue weighted by molar-refractivity contribution is -0.138. The van der Waals surface area contributed by atoms with Gasteiger partial charge in [0.05, 0.1) is 35.5 Å². The zero-order valence-corrected chi connectivity index (χ0v) is 25.0. The first-order valence-corrected chi connectivity index (χ1v) is 15.7. The summed E-state index contributed by atoms with van der Waals surface area (Å²) in [5.41, 5.74) is 5.14. The highest BCUT2D eigenvalue weighted by Gasteiger charge is 2.49. The molecule has 1 saturated heterocycles. The monoisotopic (exact) mass is 627 g/mol. The van der Waals surface area contributed by atoms with E-state index in [-0.39, 0.29) is 34.2 Å². The van der Waals surface area contributed by atoms with E-state index in [0.717, 1.165) is 9.78 Å². The van der Waals surface area contributed by atoms with Crippen molar-refractivity contribution in [2.75, 3.05) is 26.8 Å². The number of thiophene rings is 1. The molecular weight excluding hydrogens is 597 g/mol. The molecule has 5 rings (SSSR count). The van der Waals surface area contributed by atoms with Gasteiger partial charge in [0.2, 0.25) is 21.7 Å². The van der Waals surface area contributed by atoms with E-state index in [1.54, 1.807) is 42.6 Å². The molecule has 5 N–H and O–H groups in total. The Kier molecular flexibility index (Phi) is 8.11. The molecule has 43 heavy (non-hydrogen) atoms. The Balaban J connectivity index is 1.28. The molecule has 1 aromatic heterocycles. The van der Waals surface area contributed by atoms with E-state index in [9.17, 15) is 22.8 Å². The number of nitrogens with one attached hydrogen (secondary N) is 3. The van der Waals surface area contributed by atoms with Crippen LogP contribution < -0.4 is 16.4 Å². The predicted octanol–water partition coefficient (Wildman–Crippen LogP) is 2.41. The second-order valence-electron chi connectivity index (χ2n) is 10.6. The van der Waals surface area contributed by atoms with Crippen LogP contribution in [0.5, 0.6) is 0 Å². The fourth-order valence-corrected chi connectivity index (χ4v) is 8.04. The number of carbonyl (C=O) groups is 3. The number of hydrogen-bond acceptors (Lipinski definition) is 8. The van der Waals surface area contributed by atoms with Crippen LogP contribution in [0.4, 0.5) is 4.39 Å². The molecule has 2 aliphatic heterocycles. The molecule has 2 aromatic carbocycles. The third kappa shape index (κ3) is 5.77. The highest BCUT2D eigenvalue weighted by atomic mass is 32.2. The van der Waals surface area contributed by atoms with Crippen LogP contribution in [0.1, 0.15) is 40.2 Å². The predicted molar refractivity (Wildman–Crippen MR) is 157 cm³/mol. The average Bonchev–Trinajstić information content (AvgIpc) is 3.66. The summed E-state index contributed by atoms with van der Waals surface area (Å²) in [6, 6.07) is 10.9. The standard InChI is InChI=1S/C29H30FN5O6S2/c1-16(22-9-18(13-42-22)26(31)32)34-28(38)21-11-29(30,15-41-2)14-35(21)25(36)12-33-27(37)17-7-8-20-19-5-3-4-6-23(19)43(39,40)24(20)10-17/h3-10,13,16,21H,11-12,14-15H2,1-2H3,(H3,31,32)(H,33,37)(H,34,38)/t16-,21+,29-/m1/s1. The van der Waals surface area contributed by atoms with Crippen LogP contribution in [0.3, 0.4) is 0 Å². The maximum atomic E-state index is 15.6. The second-order valence-corrected chi connectivity index (χ2v) is 13.4. The number of ether oxygens (including phenoxy) is 1. The van der Waals surface area contributed by atoms with Crippen molar-refractivity contribution in [3.63, 3.8) is 0 Å². The third-order valence-corrected chi connectivity index (χ3v) is 10.5. The normalized spacial score (nSPS) is 20.6. The fourth-order valence-electron chi connectivity index (χ4n) is 5.41. The first-order valence-electron chi connectivity index (χ1n) is 13.3. The van der Waals surface area contributed by atoms with Gasteiger partial charge >= 0.3 is 0 Å². The van der Waals surface area contributed by atoms with Crippen LogP contribution in [-0.4, -0.2) is 75.4 Å². The number of halogens is 1. The van der Waals surface area contributed by atoms with Crippen molar-refractivity contribution >= 4 is 44.7 Å². The Labute approximate surface area is 251 Å². The Morgan fingerprint density at radius 2 is 1.88 bits per heavy atom. The quantitative estimate of drug-likeness (QED) is 0.163. The van der Waals surface area contributed by atoms with Gasteiger partial charge in [0.15, 0.2) is 5.67 Å². The van der Waals surface area contributed by atoms with E-state index in [0.29, 0.717) is 16.7 Å². The molecule has 11 nitrogen and oxygen atoms in total. The van der Waals surface area contributed by atoms with E-state index in [1.807, 2.05) is 0 Å². The van der Waals surface area contributed by atoms with Crippen molar-refractivity contribution in [3.8, 4) is 11.1 Å². The molecular formula is C29H30FN5O6S2. The van der Waals surface area contributed by atoms with Crippen molar-refractivity contribution in [3.05, 3.63) is 69.9 Å². The number of methoxy groups -OCH3 is 1. The molecule has 1 fully saturated rings. The molecule has 2 aliphatic rings. The largest absolute Gasteiger partial charge is 0.384 e. The average molecular weight is 628 g/mol. The molecule has 0 radical (unpaired) electrons. The van der Waals surface area contributed by atoms with Gasteiger partial charge in [-0.15, -0.1) is 11.3 Å². The number of amidine groups is 1. The van der Waals surface area contributed by atoms with E-state index in [1.165, 1.54) is 36.6 Å². The van der Waals surface area contributed by atoms with Gasteiger partial charge in [0, 0.05) is 46.0 Å². The van der Waals surface area contributed by atoms with Crippen LogP contribution in [0.2, 0.25) is 0 Å². The number of rotatable bonds is 9. The lowest BCUT2D eigenvalue weighted by atomic mass is 10.0. The summed E-state index contributed by atoms with van der Waals surface area (Å²) in [5.74, 6) is -2.07. The Morgan fingerprint density at radius 1 is 1.16 bits per heavy atom. The van der Waals surface area contributed by atoms with Gasteiger partial charge < -0.3 is 26.0 Å². The van der Waals surface area contributed by atoms with E-state index in [2.05, 4.69) is 10.6 Å². The van der Waals surface area contributed by atoms with Crippen LogP contribution in [0, 0.1) is 5.41 Å². The minimum Gasteiger partial charge on any atom is -0.384 e. The maximum absolute atomic E-state index is 15.6. The number of alkyl halides is 1. The summed E-state index contributed by atoms with van der Waals surface area (Å²) in [5, 5.41) is 14.5. The highest BCUT2D eigenvalue weighted by Crippen LogP contribution is 2.43. The number of sulfone groups is 1. The molecule has 3 heterocycles. The molecule has 0 unspecified atom stereocenters. The van der Waals surface area contributed by atoms with Gasteiger partial charge in [-0.1, -0.05) is 24.3 Å². The summed E-state index contributed by atoms with van der Waals surface area (Å²) in [6.07, 6.45) is -0.300. The number of benzene rings is 2. The topological polar surface area (TPSA) is 172 Å². The SMILES string of the molecule is COC[C@@]1(F)C[C@@H](C(=O)N[C@H](C)c2cc(C(=N)N)cs2)N(C(=O)CNC(=O)c2ccc3c(c2)S(=O)(=O)c2ccccc2-3)C1. The summed E-state index contributed by atoms with van der Waals surface area (Å²) in [7, 11) is -2.48. The van der Waals surface area contributed by atoms with Gasteiger partial charge in [-0.25, -0.2) is 12.8 Å². The highest BCUT2D eigenvalue weighted by molar-refractivity contribution is 7.92. The number of amides is 3. The van der Waals surface area contributed by atoms with Crippen LogP contribution in [0.25, 0.3) is 11.1 Å². The van der Waals surface area contributed by atoms with Crippen molar-refractivity contribution in [1.82, 2.24) is 15.5 Å². The minimum absolute atomic E-state index is 0.000942. The number of fused-ring (bicyclic) bond motifs is 3. The summed E-state index contributed by atoms with van der Waals surface area (Å²) in [4.78, 5) is 41.5. The van der Waals surface area contributed by atoms with Gasteiger partial charge in [-0.2, -0.15) is 0 Å². The summed E-state index contributed by atoms with van der Waals surface area (Å²) >= 11 is 1.30. The number of nitrogens with zero attached hydrogens (tertiary/aromatic N) is 1.